The van der Waals surface area contributed by atoms with E-state index in [2.05, 4.69) is 10.6 Å². The van der Waals surface area contributed by atoms with Crippen LogP contribution in [0.1, 0.15) is 46.4 Å². The van der Waals surface area contributed by atoms with Gasteiger partial charge in [0, 0.05) is 41.0 Å². The first kappa shape index (κ1) is 24.6. The molecular weight excluding hydrogens is 408 g/mol. The topological polar surface area (TPSA) is 98.8 Å². The minimum absolute atomic E-state index is 0.189. The molecule has 8 heteroatoms. The summed E-state index contributed by atoms with van der Waals surface area (Å²) in [4.78, 5) is 52.0. The second-order valence-electron chi connectivity index (χ2n) is 7.79. The number of hydrogen-bond acceptors (Lipinski definition) is 4. The molecule has 0 radical (unpaired) electrons. The summed E-state index contributed by atoms with van der Waals surface area (Å²) in [5.41, 5.74) is 1.79. The molecule has 0 heterocycles. The van der Waals surface area contributed by atoms with Gasteiger partial charge >= 0.3 is 0 Å². The van der Waals surface area contributed by atoms with Crippen molar-refractivity contribution in [1.29, 1.82) is 0 Å². The highest BCUT2D eigenvalue weighted by Crippen LogP contribution is 2.19. The third-order valence-electron chi connectivity index (χ3n) is 4.73. The maximum Gasteiger partial charge on any atom is 0.255 e. The van der Waals surface area contributed by atoms with E-state index in [1.807, 2.05) is 0 Å². The van der Waals surface area contributed by atoms with Crippen LogP contribution in [-0.2, 0) is 9.59 Å². The Morgan fingerprint density at radius 1 is 0.625 bits per heavy atom. The molecule has 0 aliphatic rings. The van der Waals surface area contributed by atoms with E-state index in [4.69, 9.17) is 0 Å². The van der Waals surface area contributed by atoms with Crippen LogP contribution in [-0.4, -0.2) is 61.6 Å². The zero-order valence-corrected chi connectivity index (χ0v) is 19.0. The molecule has 4 amide bonds. The fourth-order valence-electron chi connectivity index (χ4n) is 3.04. The number of unbranched alkanes of at least 4 members (excludes halogenated alkanes) is 1. The van der Waals surface area contributed by atoms with Gasteiger partial charge in [0.15, 0.2) is 0 Å². The van der Waals surface area contributed by atoms with Gasteiger partial charge in [-0.05, 0) is 37.1 Å². The zero-order valence-electron chi connectivity index (χ0n) is 19.0. The van der Waals surface area contributed by atoms with Gasteiger partial charge in [-0.2, -0.15) is 0 Å². The third-order valence-corrected chi connectivity index (χ3v) is 4.73. The monoisotopic (exact) mass is 438 g/mol. The minimum atomic E-state index is -0.216. The number of hydrogen-bond donors (Lipinski definition) is 2. The summed E-state index contributed by atoms with van der Waals surface area (Å²) < 4.78 is 0. The predicted molar refractivity (Wildman–Crippen MR) is 125 cm³/mol. The maximum absolute atomic E-state index is 12.3. The van der Waals surface area contributed by atoms with Crippen molar-refractivity contribution in [3.63, 3.8) is 0 Å². The Morgan fingerprint density at radius 2 is 0.969 bits per heavy atom. The molecule has 0 aromatic heterocycles. The first-order chi connectivity index (χ1) is 15.2. The maximum atomic E-state index is 12.3. The lowest BCUT2D eigenvalue weighted by Gasteiger charge is -2.15. The fourth-order valence-corrected chi connectivity index (χ4v) is 3.04. The molecule has 0 saturated carbocycles. The Labute approximate surface area is 188 Å². The minimum Gasteiger partial charge on any atom is -0.345 e. The molecule has 0 atom stereocenters. The van der Waals surface area contributed by atoms with Crippen molar-refractivity contribution in [3.05, 3.63) is 59.7 Å². The standard InChI is InChI=1S/C24H30N4O4/c1-27(2)23(31)17-11-5-7-13-19(17)25-21(29)15-9-10-16-22(30)26-20-14-8-6-12-18(20)24(32)28(3)4/h5-8,11-14H,9-10,15-16H2,1-4H3,(H,25,29)(H,26,30). The van der Waals surface area contributed by atoms with Gasteiger partial charge in [-0.1, -0.05) is 24.3 Å². The summed E-state index contributed by atoms with van der Waals surface area (Å²) in [6.07, 6.45) is 1.49. The molecule has 2 aromatic carbocycles. The highest BCUT2D eigenvalue weighted by Gasteiger charge is 2.16. The summed E-state index contributed by atoms with van der Waals surface area (Å²) in [5.74, 6) is -0.811. The molecule has 0 bridgehead atoms. The number of amides is 4. The summed E-state index contributed by atoms with van der Waals surface area (Å²) in [5, 5.41) is 5.55. The van der Waals surface area contributed by atoms with Crippen molar-refractivity contribution in [1.82, 2.24) is 9.80 Å². The number of nitrogens with one attached hydrogen (secondary N) is 2. The van der Waals surface area contributed by atoms with Crippen molar-refractivity contribution >= 4 is 35.0 Å². The molecule has 0 saturated heterocycles. The first-order valence-corrected chi connectivity index (χ1v) is 10.4. The van der Waals surface area contributed by atoms with Gasteiger partial charge < -0.3 is 20.4 Å². The van der Waals surface area contributed by atoms with Crippen LogP contribution in [0.25, 0.3) is 0 Å². The molecule has 2 rings (SSSR count). The molecule has 2 aromatic rings. The van der Waals surface area contributed by atoms with Crippen LogP contribution in [0.4, 0.5) is 11.4 Å². The van der Waals surface area contributed by atoms with E-state index >= 15 is 0 Å². The molecule has 0 aliphatic heterocycles. The molecule has 8 nitrogen and oxygen atoms in total. The molecule has 170 valence electrons. The molecule has 0 unspecified atom stereocenters. The van der Waals surface area contributed by atoms with Crippen LogP contribution >= 0.6 is 0 Å². The number of carbonyl (C=O) groups excluding carboxylic acids is 4. The lowest BCUT2D eigenvalue weighted by atomic mass is 10.1. The molecular formula is C24H30N4O4. The van der Waals surface area contributed by atoms with Crippen LogP contribution in [0.15, 0.2) is 48.5 Å². The van der Waals surface area contributed by atoms with E-state index < -0.39 is 0 Å². The first-order valence-electron chi connectivity index (χ1n) is 10.4. The van der Waals surface area contributed by atoms with Gasteiger partial charge in [-0.3, -0.25) is 19.2 Å². The predicted octanol–water partition coefficient (Wildman–Crippen LogP) is 3.23. The number of rotatable bonds is 9. The third kappa shape index (κ3) is 6.94. The van der Waals surface area contributed by atoms with Crippen molar-refractivity contribution in [3.8, 4) is 0 Å². The molecule has 0 aliphatic carbocycles. The van der Waals surface area contributed by atoms with Gasteiger partial charge in [0.2, 0.25) is 11.8 Å². The molecule has 0 fully saturated rings. The fraction of sp³-hybridized carbons (Fsp3) is 0.333. The largest absolute Gasteiger partial charge is 0.345 e. The summed E-state index contributed by atoms with van der Waals surface area (Å²) in [7, 11) is 6.61. The highest BCUT2D eigenvalue weighted by atomic mass is 16.2. The van der Waals surface area contributed by atoms with Crippen LogP contribution in [0.2, 0.25) is 0 Å². The van der Waals surface area contributed by atoms with Gasteiger partial charge in [0.25, 0.3) is 11.8 Å². The van der Waals surface area contributed by atoms with E-state index in [9.17, 15) is 19.2 Å². The molecule has 32 heavy (non-hydrogen) atoms. The second kappa shape index (κ2) is 11.6. The Hall–Kier alpha value is -3.68. The quantitative estimate of drug-likeness (QED) is 0.587. The Balaban J connectivity index is 1.83. The van der Waals surface area contributed by atoms with Crippen molar-refractivity contribution in [2.24, 2.45) is 0 Å². The van der Waals surface area contributed by atoms with Gasteiger partial charge in [0.05, 0.1) is 22.5 Å². The van der Waals surface area contributed by atoms with E-state index in [1.54, 1.807) is 76.7 Å². The van der Waals surface area contributed by atoms with Crippen LogP contribution < -0.4 is 10.6 Å². The SMILES string of the molecule is CN(C)C(=O)c1ccccc1NC(=O)CCCCC(=O)Nc1ccccc1C(=O)N(C)C. The average molecular weight is 439 g/mol. The van der Waals surface area contributed by atoms with Crippen molar-refractivity contribution in [2.45, 2.75) is 25.7 Å². The molecule has 2 N–H and O–H groups in total. The normalized spacial score (nSPS) is 10.2. The number of carbonyl (C=O) groups is 4. The Bertz CT molecular complexity index is 906. The van der Waals surface area contributed by atoms with Crippen LogP contribution in [0, 0.1) is 0 Å². The average Bonchev–Trinajstić information content (AvgIpc) is 2.76. The van der Waals surface area contributed by atoms with E-state index in [-0.39, 0.29) is 36.5 Å². The summed E-state index contributed by atoms with van der Waals surface area (Å²) in [6, 6.07) is 13.7. The number of anilines is 2. The molecule has 0 spiro atoms. The van der Waals surface area contributed by atoms with Gasteiger partial charge in [-0.25, -0.2) is 0 Å². The lowest BCUT2D eigenvalue weighted by Crippen LogP contribution is -2.24. The summed E-state index contributed by atoms with van der Waals surface area (Å²) >= 11 is 0. The number of nitrogens with zero attached hydrogens (tertiary/aromatic N) is 2. The number of benzene rings is 2. The lowest BCUT2D eigenvalue weighted by molar-refractivity contribution is -0.118. The van der Waals surface area contributed by atoms with E-state index in [1.165, 1.54) is 9.80 Å². The summed E-state index contributed by atoms with van der Waals surface area (Å²) in [6.45, 7) is 0. The zero-order chi connectivity index (χ0) is 23.7. The van der Waals surface area contributed by atoms with Gasteiger partial charge in [0.1, 0.15) is 0 Å². The Kier molecular flexibility index (Phi) is 8.95. The smallest absolute Gasteiger partial charge is 0.255 e. The highest BCUT2D eigenvalue weighted by molar-refractivity contribution is 6.04. The van der Waals surface area contributed by atoms with Gasteiger partial charge in [-0.15, -0.1) is 0 Å². The van der Waals surface area contributed by atoms with Crippen molar-refractivity contribution in [2.75, 3.05) is 38.8 Å². The van der Waals surface area contributed by atoms with Crippen molar-refractivity contribution < 1.29 is 19.2 Å². The van der Waals surface area contributed by atoms with Crippen LogP contribution in [0.3, 0.4) is 0 Å². The second-order valence-corrected chi connectivity index (χ2v) is 7.79. The Morgan fingerprint density at radius 3 is 1.31 bits per heavy atom. The van der Waals surface area contributed by atoms with E-state index in [0.29, 0.717) is 35.3 Å². The number of para-hydroxylation sites is 2. The van der Waals surface area contributed by atoms with E-state index in [0.717, 1.165) is 0 Å². The van der Waals surface area contributed by atoms with Crippen LogP contribution in [0.5, 0.6) is 0 Å².